The van der Waals surface area contributed by atoms with Crippen molar-refractivity contribution in [2.24, 2.45) is 0 Å². The molecule has 0 amide bonds. The van der Waals surface area contributed by atoms with Crippen LogP contribution in [0.25, 0.3) is 21.9 Å². The molecule has 0 unspecified atom stereocenters. The zero-order valence-corrected chi connectivity index (χ0v) is 12.1. The lowest BCUT2D eigenvalue weighted by atomic mass is 9.96. The van der Waals surface area contributed by atoms with E-state index in [-0.39, 0.29) is 16.9 Å². The average molecular weight is 314 g/mol. The third kappa shape index (κ3) is 2.61. The summed E-state index contributed by atoms with van der Waals surface area (Å²) in [5, 5.41) is 10.3. The molecule has 0 heterocycles. The van der Waals surface area contributed by atoms with Gasteiger partial charge in [-0.25, -0.2) is 13.6 Å². The molecule has 0 saturated heterocycles. The van der Waals surface area contributed by atoms with Gasteiger partial charge in [0, 0.05) is 12.1 Å². The Labute approximate surface area is 130 Å². The SMILES string of the molecule is COc1cc(F)c(-c2cccc3ccc(C(=O)O)cc23)c(F)c1. The number of ether oxygens (including phenoxy) is 1. The van der Waals surface area contributed by atoms with Gasteiger partial charge in [0.25, 0.3) is 0 Å². The van der Waals surface area contributed by atoms with Gasteiger partial charge in [0.05, 0.1) is 18.2 Å². The zero-order chi connectivity index (χ0) is 16.6. The van der Waals surface area contributed by atoms with E-state index < -0.39 is 17.6 Å². The highest BCUT2D eigenvalue weighted by molar-refractivity contribution is 6.01. The third-order valence-corrected chi connectivity index (χ3v) is 3.65. The fraction of sp³-hybridized carbons (Fsp3) is 0.0556. The van der Waals surface area contributed by atoms with Crippen LogP contribution < -0.4 is 4.74 Å². The molecule has 116 valence electrons. The third-order valence-electron chi connectivity index (χ3n) is 3.65. The largest absolute Gasteiger partial charge is 0.497 e. The number of aromatic carboxylic acids is 1. The standard InChI is InChI=1S/C18H12F2O3/c1-23-12-8-15(19)17(16(20)9-12)13-4-2-3-10-5-6-11(18(21)22)7-14(10)13/h2-9H,1H3,(H,21,22). The Kier molecular flexibility index (Phi) is 3.70. The van der Waals surface area contributed by atoms with E-state index in [1.807, 2.05) is 0 Å². The van der Waals surface area contributed by atoms with E-state index in [1.54, 1.807) is 24.3 Å². The molecule has 0 aromatic heterocycles. The first-order valence-electron chi connectivity index (χ1n) is 6.80. The summed E-state index contributed by atoms with van der Waals surface area (Å²) < 4.78 is 33.5. The van der Waals surface area contributed by atoms with Crippen molar-refractivity contribution in [3.63, 3.8) is 0 Å². The van der Waals surface area contributed by atoms with Crippen LogP contribution in [0.1, 0.15) is 10.4 Å². The maximum atomic E-state index is 14.3. The number of benzene rings is 3. The second kappa shape index (κ2) is 5.68. The van der Waals surface area contributed by atoms with Gasteiger partial charge in [0.2, 0.25) is 0 Å². The van der Waals surface area contributed by atoms with Crippen molar-refractivity contribution in [2.75, 3.05) is 7.11 Å². The minimum absolute atomic E-state index is 0.0549. The van der Waals surface area contributed by atoms with Crippen LogP contribution in [0, 0.1) is 11.6 Å². The fourth-order valence-electron chi connectivity index (χ4n) is 2.55. The first-order valence-corrected chi connectivity index (χ1v) is 6.80. The molecule has 0 spiro atoms. The quantitative estimate of drug-likeness (QED) is 0.774. The number of rotatable bonds is 3. The summed E-state index contributed by atoms with van der Waals surface area (Å²) in [7, 11) is 1.32. The van der Waals surface area contributed by atoms with Crippen molar-refractivity contribution in [3.8, 4) is 16.9 Å². The van der Waals surface area contributed by atoms with Crippen LogP contribution in [0.3, 0.4) is 0 Å². The van der Waals surface area contributed by atoms with E-state index in [2.05, 4.69) is 0 Å². The van der Waals surface area contributed by atoms with Crippen LogP contribution in [0.5, 0.6) is 5.75 Å². The molecule has 0 aliphatic heterocycles. The summed E-state index contributed by atoms with van der Waals surface area (Å²) in [6.07, 6.45) is 0. The van der Waals surface area contributed by atoms with Gasteiger partial charge in [-0.15, -0.1) is 0 Å². The molecular formula is C18H12F2O3. The highest BCUT2D eigenvalue weighted by atomic mass is 19.1. The molecule has 0 fully saturated rings. The van der Waals surface area contributed by atoms with Gasteiger partial charge in [-0.1, -0.05) is 24.3 Å². The lowest BCUT2D eigenvalue weighted by molar-refractivity contribution is 0.0697. The fourth-order valence-corrected chi connectivity index (χ4v) is 2.55. The van der Waals surface area contributed by atoms with Gasteiger partial charge in [0.15, 0.2) is 0 Å². The van der Waals surface area contributed by atoms with Crippen LogP contribution in [0.4, 0.5) is 8.78 Å². The van der Waals surface area contributed by atoms with E-state index >= 15 is 0 Å². The summed E-state index contributed by atoms with van der Waals surface area (Å²) in [6, 6.07) is 11.6. The van der Waals surface area contributed by atoms with Crippen LogP contribution in [0.15, 0.2) is 48.5 Å². The van der Waals surface area contributed by atoms with E-state index in [4.69, 9.17) is 9.84 Å². The summed E-state index contributed by atoms with van der Waals surface area (Å²) in [6.45, 7) is 0. The normalized spacial score (nSPS) is 10.7. The number of carboxylic acid groups (broad SMARTS) is 1. The molecule has 0 bridgehead atoms. The molecule has 0 saturated carbocycles. The number of hydrogen-bond acceptors (Lipinski definition) is 2. The van der Waals surface area contributed by atoms with Gasteiger partial charge >= 0.3 is 5.97 Å². The van der Waals surface area contributed by atoms with Crippen molar-refractivity contribution >= 4 is 16.7 Å². The molecule has 0 radical (unpaired) electrons. The van der Waals surface area contributed by atoms with Crippen molar-refractivity contribution < 1.29 is 23.4 Å². The van der Waals surface area contributed by atoms with Gasteiger partial charge in [-0.05, 0) is 28.5 Å². The van der Waals surface area contributed by atoms with Gasteiger partial charge < -0.3 is 9.84 Å². The van der Waals surface area contributed by atoms with Crippen molar-refractivity contribution in [1.29, 1.82) is 0 Å². The number of fused-ring (bicyclic) bond motifs is 1. The highest BCUT2D eigenvalue weighted by Crippen LogP contribution is 2.34. The van der Waals surface area contributed by atoms with E-state index in [1.165, 1.54) is 19.2 Å². The zero-order valence-electron chi connectivity index (χ0n) is 12.1. The Balaban J connectivity index is 2.32. The topological polar surface area (TPSA) is 46.5 Å². The number of halogens is 2. The molecular weight excluding hydrogens is 302 g/mol. The monoisotopic (exact) mass is 314 g/mol. The van der Waals surface area contributed by atoms with Gasteiger partial charge in [-0.2, -0.15) is 0 Å². The number of methoxy groups -OCH3 is 1. The van der Waals surface area contributed by atoms with Crippen molar-refractivity contribution in [2.45, 2.75) is 0 Å². The minimum Gasteiger partial charge on any atom is -0.497 e. The van der Waals surface area contributed by atoms with E-state index in [0.717, 1.165) is 12.1 Å². The molecule has 23 heavy (non-hydrogen) atoms. The summed E-state index contributed by atoms with van der Waals surface area (Å²) in [5.74, 6) is -2.56. The maximum absolute atomic E-state index is 14.3. The van der Waals surface area contributed by atoms with E-state index in [9.17, 15) is 13.6 Å². The number of hydrogen-bond donors (Lipinski definition) is 1. The van der Waals surface area contributed by atoms with Crippen LogP contribution in [-0.4, -0.2) is 18.2 Å². The molecule has 5 heteroatoms. The molecule has 0 aliphatic carbocycles. The Morgan fingerprint density at radius 2 is 1.74 bits per heavy atom. The molecule has 3 aromatic rings. The molecule has 1 N–H and O–H groups in total. The second-order valence-corrected chi connectivity index (χ2v) is 5.01. The number of carbonyl (C=O) groups is 1. The Bertz CT molecular complexity index is 896. The first-order chi connectivity index (χ1) is 11.0. The first kappa shape index (κ1) is 15.0. The van der Waals surface area contributed by atoms with Crippen molar-refractivity contribution in [1.82, 2.24) is 0 Å². The minimum atomic E-state index is -1.10. The predicted molar refractivity (Wildman–Crippen MR) is 82.8 cm³/mol. The summed E-state index contributed by atoms with van der Waals surface area (Å²) in [4.78, 5) is 11.1. The lowest BCUT2D eigenvalue weighted by Crippen LogP contribution is -1.97. The second-order valence-electron chi connectivity index (χ2n) is 5.01. The smallest absolute Gasteiger partial charge is 0.335 e. The maximum Gasteiger partial charge on any atom is 0.335 e. The predicted octanol–water partition coefficient (Wildman–Crippen LogP) is 4.49. The molecule has 3 nitrogen and oxygen atoms in total. The summed E-state index contributed by atoms with van der Waals surface area (Å²) in [5.41, 5.74) is 0.140. The Hall–Kier alpha value is -2.95. The molecule has 0 aliphatic rings. The van der Waals surface area contributed by atoms with Crippen LogP contribution >= 0.6 is 0 Å². The highest BCUT2D eigenvalue weighted by Gasteiger charge is 2.17. The van der Waals surface area contributed by atoms with Crippen LogP contribution in [-0.2, 0) is 0 Å². The van der Waals surface area contributed by atoms with Crippen LogP contribution in [0.2, 0.25) is 0 Å². The molecule has 3 rings (SSSR count). The Morgan fingerprint density at radius 3 is 2.35 bits per heavy atom. The van der Waals surface area contributed by atoms with E-state index in [0.29, 0.717) is 16.3 Å². The molecule has 0 atom stereocenters. The average Bonchev–Trinajstić information content (AvgIpc) is 2.53. The van der Waals surface area contributed by atoms with Gasteiger partial charge in [0.1, 0.15) is 17.4 Å². The Morgan fingerprint density at radius 1 is 1.04 bits per heavy atom. The number of carboxylic acids is 1. The van der Waals surface area contributed by atoms with Crippen molar-refractivity contribution in [3.05, 3.63) is 65.7 Å². The van der Waals surface area contributed by atoms with Gasteiger partial charge in [-0.3, -0.25) is 0 Å². The lowest BCUT2D eigenvalue weighted by Gasteiger charge is -2.11. The molecule has 3 aromatic carbocycles. The summed E-state index contributed by atoms with van der Waals surface area (Å²) >= 11 is 0.